The second-order valence-corrected chi connectivity index (χ2v) is 8.55. The molecule has 0 saturated carbocycles. The van der Waals surface area contributed by atoms with Crippen molar-refractivity contribution in [1.29, 1.82) is 0 Å². The number of aromatic nitrogens is 1. The molecule has 0 radical (unpaired) electrons. The summed E-state index contributed by atoms with van der Waals surface area (Å²) in [4.78, 5) is 17.3. The van der Waals surface area contributed by atoms with Gasteiger partial charge in [-0.1, -0.05) is 6.07 Å². The van der Waals surface area contributed by atoms with Crippen LogP contribution in [0.4, 0.5) is 0 Å². The van der Waals surface area contributed by atoms with Crippen molar-refractivity contribution in [1.82, 2.24) is 4.98 Å². The van der Waals surface area contributed by atoms with Gasteiger partial charge in [0.05, 0.1) is 19.4 Å². The molecule has 1 atom stereocenters. The van der Waals surface area contributed by atoms with Crippen molar-refractivity contribution in [3.8, 4) is 22.1 Å². The molecule has 1 unspecified atom stereocenters. The van der Waals surface area contributed by atoms with Crippen molar-refractivity contribution < 1.29 is 19.0 Å². The van der Waals surface area contributed by atoms with Crippen molar-refractivity contribution in [2.45, 2.75) is 39.2 Å². The minimum Gasteiger partial charge on any atom is -0.497 e. The number of aryl methyl sites for hydroxylation is 2. The summed E-state index contributed by atoms with van der Waals surface area (Å²) in [6, 6.07) is 14.0. The zero-order chi connectivity index (χ0) is 21.1. The Kier molecular flexibility index (Phi) is 6.04. The van der Waals surface area contributed by atoms with Crippen LogP contribution in [0.15, 0.2) is 42.5 Å². The normalized spacial score (nSPS) is 15.0. The van der Waals surface area contributed by atoms with E-state index >= 15 is 0 Å². The molecular weight excluding hydrogens is 398 g/mol. The van der Waals surface area contributed by atoms with Gasteiger partial charge in [-0.3, -0.25) is 4.79 Å². The molecule has 6 heteroatoms. The first-order valence-electron chi connectivity index (χ1n) is 10.1. The Hall–Kier alpha value is -2.86. The molecule has 30 heavy (non-hydrogen) atoms. The van der Waals surface area contributed by atoms with E-state index in [-0.39, 0.29) is 12.1 Å². The Bertz CT molecular complexity index is 1040. The largest absolute Gasteiger partial charge is 0.497 e. The molecule has 156 valence electrons. The van der Waals surface area contributed by atoms with Crippen LogP contribution in [0.2, 0.25) is 0 Å². The smallest absolute Gasteiger partial charge is 0.303 e. The van der Waals surface area contributed by atoms with Crippen LogP contribution >= 0.6 is 11.3 Å². The quantitative estimate of drug-likeness (QED) is 0.483. The lowest BCUT2D eigenvalue weighted by molar-refractivity contribution is -0.146. The van der Waals surface area contributed by atoms with E-state index in [1.165, 1.54) is 17.4 Å². The van der Waals surface area contributed by atoms with E-state index in [4.69, 9.17) is 19.2 Å². The number of nitrogens with zero attached hydrogens (tertiary/aromatic N) is 1. The third kappa shape index (κ3) is 4.49. The second kappa shape index (κ2) is 8.88. The van der Waals surface area contributed by atoms with Crippen LogP contribution in [-0.4, -0.2) is 24.7 Å². The summed E-state index contributed by atoms with van der Waals surface area (Å²) in [5, 5.41) is 1.01. The molecule has 0 N–H and O–H groups in total. The van der Waals surface area contributed by atoms with E-state index in [0.29, 0.717) is 6.61 Å². The number of esters is 1. The molecule has 0 amide bonds. The van der Waals surface area contributed by atoms with E-state index in [1.54, 1.807) is 18.4 Å². The maximum absolute atomic E-state index is 11.2. The van der Waals surface area contributed by atoms with Crippen LogP contribution in [-0.2, 0) is 22.4 Å². The lowest BCUT2D eigenvalue weighted by atomic mass is 10.1. The molecule has 1 aromatic heterocycles. The minimum atomic E-state index is -0.235. The fourth-order valence-corrected chi connectivity index (χ4v) is 4.72. The Morgan fingerprint density at radius 1 is 1.17 bits per heavy atom. The number of rotatable bonds is 7. The van der Waals surface area contributed by atoms with Gasteiger partial charge < -0.3 is 14.2 Å². The summed E-state index contributed by atoms with van der Waals surface area (Å²) in [6.45, 7) is 4.12. The Morgan fingerprint density at radius 3 is 2.67 bits per heavy atom. The Morgan fingerprint density at radius 2 is 1.93 bits per heavy atom. The number of methoxy groups -OCH3 is 1. The van der Waals surface area contributed by atoms with Crippen molar-refractivity contribution in [2.75, 3.05) is 13.7 Å². The first-order chi connectivity index (χ1) is 14.5. The molecule has 0 aliphatic heterocycles. The van der Waals surface area contributed by atoms with Gasteiger partial charge >= 0.3 is 5.97 Å². The summed E-state index contributed by atoms with van der Waals surface area (Å²) >= 11 is 1.70. The van der Waals surface area contributed by atoms with E-state index in [0.717, 1.165) is 52.6 Å². The molecule has 3 aromatic rings. The van der Waals surface area contributed by atoms with Gasteiger partial charge in [0.15, 0.2) is 0 Å². The van der Waals surface area contributed by atoms with E-state index in [2.05, 4.69) is 13.0 Å². The van der Waals surface area contributed by atoms with Gasteiger partial charge in [0.2, 0.25) is 0 Å². The van der Waals surface area contributed by atoms with Gasteiger partial charge in [-0.15, -0.1) is 11.3 Å². The van der Waals surface area contributed by atoms with E-state index in [9.17, 15) is 4.79 Å². The minimum absolute atomic E-state index is 0.124. The maximum atomic E-state index is 11.2. The molecule has 0 saturated heterocycles. The predicted molar refractivity (Wildman–Crippen MR) is 117 cm³/mol. The average Bonchev–Trinajstić information content (AvgIpc) is 3.31. The molecule has 0 bridgehead atoms. The molecule has 1 aliphatic rings. The molecule has 0 fully saturated rings. The van der Waals surface area contributed by atoms with Crippen molar-refractivity contribution in [2.24, 2.45) is 0 Å². The summed E-state index contributed by atoms with van der Waals surface area (Å²) < 4.78 is 16.6. The molecule has 2 aromatic carbocycles. The van der Waals surface area contributed by atoms with E-state index in [1.807, 2.05) is 36.4 Å². The fraction of sp³-hybridized carbons (Fsp3) is 0.333. The topological polar surface area (TPSA) is 57.6 Å². The molecule has 4 rings (SSSR count). The van der Waals surface area contributed by atoms with Gasteiger partial charge in [-0.05, 0) is 67.3 Å². The summed E-state index contributed by atoms with van der Waals surface area (Å²) in [6.07, 6.45) is 2.37. The first kappa shape index (κ1) is 20.4. The zero-order valence-electron chi connectivity index (χ0n) is 17.4. The van der Waals surface area contributed by atoms with Crippen molar-refractivity contribution >= 4 is 17.3 Å². The highest BCUT2D eigenvalue weighted by atomic mass is 32.1. The number of fused-ring (bicyclic) bond motifs is 1. The highest BCUT2D eigenvalue weighted by Crippen LogP contribution is 2.36. The number of thiazole rings is 1. The van der Waals surface area contributed by atoms with Crippen LogP contribution in [0.5, 0.6) is 11.5 Å². The third-order valence-electron chi connectivity index (χ3n) is 5.28. The number of hydrogen-bond acceptors (Lipinski definition) is 6. The molecule has 1 aliphatic carbocycles. The third-order valence-corrected chi connectivity index (χ3v) is 6.34. The SMILES string of the molecule is COc1ccc(-c2nc(CCOc3ccc4c(c3)CCC4OC(C)=O)c(C)s2)cc1. The summed E-state index contributed by atoms with van der Waals surface area (Å²) in [5.74, 6) is 1.45. The van der Waals surface area contributed by atoms with Gasteiger partial charge in [0.25, 0.3) is 0 Å². The van der Waals surface area contributed by atoms with Gasteiger partial charge in [0, 0.05) is 23.8 Å². The van der Waals surface area contributed by atoms with Crippen molar-refractivity contribution in [3.63, 3.8) is 0 Å². The summed E-state index contributed by atoms with van der Waals surface area (Å²) in [5.41, 5.74) is 4.46. The number of carbonyl (C=O) groups is 1. The highest BCUT2D eigenvalue weighted by molar-refractivity contribution is 7.15. The van der Waals surface area contributed by atoms with Crippen LogP contribution in [0.1, 0.15) is 41.1 Å². The van der Waals surface area contributed by atoms with Gasteiger partial charge in [-0.25, -0.2) is 4.98 Å². The van der Waals surface area contributed by atoms with Crippen LogP contribution in [0.25, 0.3) is 10.6 Å². The first-order valence-corrected chi connectivity index (χ1v) is 10.9. The predicted octanol–water partition coefficient (Wildman–Crippen LogP) is 5.30. The van der Waals surface area contributed by atoms with Crippen LogP contribution in [0, 0.1) is 6.92 Å². The van der Waals surface area contributed by atoms with E-state index < -0.39 is 0 Å². The number of ether oxygens (including phenoxy) is 3. The molecule has 0 spiro atoms. The Labute approximate surface area is 180 Å². The average molecular weight is 424 g/mol. The van der Waals surface area contributed by atoms with Crippen LogP contribution < -0.4 is 9.47 Å². The molecule has 5 nitrogen and oxygen atoms in total. The molecular formula is C24H25NO4S. The number of benzene rings is 2. The number of hydrogen-bond donors (Lipinski definition) is 0. The monoisotopic (exact) mass is 423 g/mol. The lowest BCUT2D eigenvalue weighted by Gasteiger charge is -2.12. The maximum Gasteiger partial charge on any atom is 0.303 e. The van der Waals surface area contributed by atoms with Crippen molar-refractivity contribution in [3.05, 3.63) is 64.2 Å². The lowest BCUT2D eigenvalue weighted by Crippen LogP contribution is -2.05. The van der Waals surface area contributed by atoms with Gasteiger partial charge in [-0.2, -0.15) is 0 Å². The molecule has 1 heterocycles. The standard InChI is InChI=1S/C24H25NO4S/c1-15-22(25-24(30-15)17-4-7-19(27-3)8-5-17)12-13-28-20-9-10-21-18(14-20)6-11-23(21)29-16(2)26/h4-5,7-10,14,23H,6,11-13H2,1-3H3. The fourth-order valence-electron chi connectivity index (χ4n) is 3.75. The van der Waals surface area contributed by atoms with Gasteiger partial charge in [0.1, 0.15) is 22.6 Å². The Balaban J connectivity index is 1.37. The highest BCUT2D eigenvalue weighted by Gasteiger charge is 2.25. The zero-order valence-corrected chi connectivity index (χ0v) is 18.3. The summed E-state index contributed by atoms with van der Waals surface area (Å²) in [7, 11) is 1.67. The second-order valence-electron chi connectivity index (χ2n) is 7.35. The number of carbonyl (C=O) groups excluding carboxylic acids is 1. The van der Waals surface area contributed by atoms with Crippen LogP contribution in [0.3, 0.4) is 0 Å².